The molecule has 0 amide bonds. The van der Waals surface area contributed by atoms with Crippen LogP contribution in [0.3, 0.4) is 0 Å². The molecule has 0 unspecified atom stereocenters. The second-order valence-electron chi connectivity index (χ2n) is 3.19. The van der Waals surface area contributed by atoms with Crippen molar-refractivity contribution in [3.8, 4) is 0 Å². The molecule has 7 nitrogen and oxygen atoms in total. The van der Waals surface area contributed by atoms with Crippen LogP contribution in [-0.2, 0) is 45.8 Å². The van der Waals surface area contributed by atoms with Crippen LogP contribution >= 0.6 is 0 Å². The van der Waals surface area contributed by atoms with E-state index in [1.165, 1.54) is 7.11 Å². The molecular formula is C10H18O7Ti. The average Bonchev–Trinajstić information content (AvgIpc) is 2.37. The fourth-order valence-electron chi connectivity index (χ4n) is 0.822. The number of carbonyl (C=O) groups is 3. The van der Waals surface area contributed by atoms with Crippen LogP contribution in [0.25, 0.3) is 0 Å². The van der Waals surface area contributed by atoms with Crippen molar-refractivity contribution in [2.75, 3.05) is 7.11 Å². The molecule has 0 N–H and O–H groups in total. The molecule has 0 aliphatic carbocycles. The van der Waals surface area contributed by atoms with Gasteiger partial charge in [0.05, 0.1) is 0 Å². The standard InChI is InChI=1S/3C3H6O2.CH3O.Ti/c3*1-2-3(4)5;1-2;/h3*2H2,1H3,(H,4,5);1H3;/q;;;-1;+4/p-3. The topological polar surface area (TPSA) is 88.1 Å². The normalized spacial score (nSPS) is 10.7. The Hall–Kier alpha value is -0.916. The molecule has 0 aliphatic rings. The third kappa shape index (κ3) is 5.62. The molecule has 0 saturated heterocycles. The third-order valence-corrected chi connectivity index (χ3v) is 4.85. The molecule has 0 fully saturated rings. The fraction of sp³-hybridized carbons (Fsp3) is 0.700. The van der Waals surface area contributed by atoms with Gasteiger partial charge >= 0.3 is 111 Å². The molecule has 0 spiro atoms. The quantitative estimate of drug-likeness (QED) is 0.655. The number of rotatable bonds is 7. The summed E-state index contributed by atoms with van der Waals surface area (Å²) in [7, 11) is 1.18. The van der Waals surface area contributed by atoms with E-state index in [4.69, 9.17) is 13.3 Å². The molecule has 0 aromatic heterocycles. The van der Waals surface area contributed by atoms with Crippen molar-refractivity contribution in [2.45, 2.75) is 40.0 Å². The van der Waals surface area contributed by atoms with Crippen LogP contribution in [0.1, 0.15) is 40.0 Å². The summed E-state index contributed by atoms with van der Waals surface area (Å²) < 4.78 is 19.7. The Kier molecular flexibility index (Phi) is 7.81. The van der Waals surface area contributed by atoms with E-state index in [1.54, 1.807) is 20.8 Å². The summed E-state index contributed by atoms with van der Waals surface area (Å²) in [6, 6.07) is 0. The molecular weight excluding hydrogens is 280 g/mol. The summed E-state index contributed by atoms with van der Waals surface area (Å²) in [6.45, 7) is 4.69. The predicted octanol–water partition coefficient (Wildman–Crippen LogP) is 1.31. The van der Waals surface area contributed by atoms with Gasteiger partial charge in [-0.2, -0.15) is 0 Å². The molecule has 0 saturated carbocycles. The molecule has 8 heteroatoms. The summed E-state index contributed by atoms with van der Waals surface area (Å²) >= 11 is -4.64. The van der Waals surface area contributed by atoms with E-state index >= 15 is 0 Å². The van der Waals surface area contributed by atoms with Gasteiger partial charge in [-0.15, -0.1) is 0 Å². The maximum atomic E-state index is 11.3. The Morgan fingerprint density at radius 1 is 0.778 bits per heavy atom. The molecule has 0 aliphatic heterocycles. The van der Waals surface area contributed by atoms with Crippen molar-refractivity contribution < 1.29 is 45.8 Å². The number of hydrogen-bond acceptors (Lipinski definition) is 7. The van der Waals surface area contributed by atoms with Crippen LogP contribution in [-0.4, -0.2) is 25.0 Å². The van der Waals surface area contributed by atoms with Gasteiger partial charge in [-0.05, 0) is 0 Å². The van der Waals surface area contributed by atoms with E-state index in [2.05, 4.69) is 0 Å². The van der Waals surface area contributed by atoms with Gasteiger partial charge in [-0.25, -0.2) is 0 Å². The van der Waals surface area contributed by atoms with Gasteiger partial charge in [-0.1, -0.05) is 0 Å². The zero-order valence-electron chi connectivity index (χ0n) is 11.0. The van der Waals surface area contributed by atoms with Crippen LogP contribution < -0.4 is 0 Å². The van der Waals surface area contributed by atoms with Crippen molar-refractivity contribution in [3.05, 3.63) is 0 Å². The van der Waals surface area contributed by atoms with Gasteiger partial charge in [0.1, 0.15) is 0 Å². The van der Waals surface area contributed by atoms with Crippen molar-refractivity contribution in [1.82, 2.24) is 0 Å². The van der Waals surface area contributed by atoms with Gasteiger partial charge in [0.25, 0.3) is 0 Å². The third-order valence-electron chi connectivity index (χ3n) is 1.83. The van der Waals surface area contributed by atoms with Crippen molar-refractivity contribution in [3.63, 3.8) is 0 Å². The molecule has 104 valence electrons. The summed E-state index contributed by atoms with van der Waals surface area (Å²) in [6.07, 6.45) is 0.178. The molecule has 0 aromatic rings. The first-order chi connectivity index (χ1) is 8.42. The van der Waals surface area contributed by atoms with Crippen LogP contribution in [0.2, 0.25) is 0 Å². The first-order valence-corrected chi connectivity index (χ1v) is 8.18. The van der Waals surface area contributed by atoms with Crippen LogP contribution in [0.5, 0.6) is 0 Å². The first kappa shape index (κ1) is 17.1. The monoisotopic (exact) mass is 298 g/mol. The second-order valence-corrected chi connectivity index (χ2v) is 6.34. The zero-order valence-corrected chi connectivity index (χ0v) is 12.5. The fourth-order valence-corrected chi connectivity index (χ4v) is 3.39. The van der Waals surface area contributed by atoms with Crippen molar-refractivity contribution in [2.24, 2.45) is 0 Å². The van der Waals surface area contributed by atoms with Gasteiger partial charge in [-0.3, -0.25) is 0 Å². The minimum absolute atomic E-state index is 0.0592. The van der Waals surface area contributed by atoms with E-state index in [-0.39, 0.29) is 19.3 Å². The van der Waals surface area contributed by atoms with Gasteiger partial charge < -0.3 is 0 Å². The first-order valence-electron chi connectivity index (χ1n) is 5.63. The Morgan fingerprint density at radius 3 is 1.22 bits per heavy atom. The number of carbonyl (C=O) groups excluding carboxylic acids is 3. The SMILES string of the molecule is CCC(=O)[O][Ti]([O]C)([O]C(=O)CC)[O]C(=O)CC. The summed E-state index contributed by atoms with van der Waals surface area (Å²) in [5, 5.41) is 0. The molecule has 0 bridgehead atoms. The summed E-state index contributed by atoms with van der Waals surface area (Å²) in [5.74, 6) is -1.95. The maximum absolute atomic E-state index is 11.3. The van der Waals surface area contributed by atoms with Gasteiger partial charge in [0, 0.05) is 0 Å². The summed E-state index contributed by atoms with van der Waals surface area (Å²) in [5.41, 5.74) is 0. The van der Waals surface area contributed by atoms with E-state index < -0.39 is 36.0 Å². The summed E-state index contributed by atoms with van der Waals surface area (Å²) in [4.78, 5) is 33.9. The van der Waals surface area contributed by atoms with E-state index in [9.17, 15) is 14.4 Å². The zero-order chi connectivity index (χ0) is 14.2. The van der Waals surface area contributed by atoms with Gasteiger partial charge in [0.2, 0.25) is 0 Å². The van der Waals surface area contributed by atoms with Crippen molar-refractivity contribution >= 4 is 17.9 Å². The minimum atomic E-state index is -4.64. The van der Waals surface area contributed by atoms with Gasteiger partial charge in [0.15, 0.2) is 0 Å². The molecule has 0 aromatic carbocycles. The van der Waals surface area contributed by atoms with E-state index in [0.717, 1.165) is 0 Å². The average molecular weight is 298 g/mol. The Morgan fingerprint density at radius 2 is 1.06 bits per heavy atom. The van der Waals surface area contributed by atoms with Crippen LogP contribution in [0.4, 0.5) is 0 Å². The molecule has 18 heavy (non-hydrogen) atoms. The van der Waals surface area contributed by atoms with Crippen LogP contribution in [0, 0.1) is 0 Å². The Bertz CT molecular complexity index is 270. The number of hydrogen-bond donors (Lipinski definition) is 0. The molecule has 0 atom stereocenters. The Balaban J connectivity index is 4.98. The van der Waals surface area contributed by atoms with Crippen molar-refractivity contribution in [1.29, 1.82) is 0 Å². The van der Waals surface area contributed by atoms with E-state index in [0.29, 0.717) is 0 Å². The molecule has 0 heterocycles. The molecule has 0 radical (unpaired) electrons. The Labute approximate surface area is 111 Å². The molecule has 0 rings (SSSR count). The van der Waals surface area contributed by atoms with Crippen LogP contribution in [0.15, 0.2) is 0 Å². The predicted molar refractivity (Wildman–Crippen MR) is 56.2 cm³/mol. The van der Waals surface area contributed by atoms with E-state index in [1.807, 2.05) is 0 Å². The second kappa shape index (κ2) is 8.23.